The Bertz CT molecular complexity index is 387. The Hall–Kier alpha value is -0.800. The third-order valence-corrected chi connectivity index (χ3v) is 3.96. The first-order valence-electron chi connectivity index (χ1n) is 5.82. The van der Waals surface area contributed by atoms with E-state index in [4.69, 9.17) is 16.3 Å². The van der Waals surface area contributed by atoms with Crippen LogP contribution in [0.4, 0.5) is 4.39 Å². The van der Waals surface area contributed by atoms with Crippen molar-refractivity contribution in [2.75, 3.05) is 13.0 Å². The Morgan fingerprint density at radius 2 is 2.24 bits per heavy atom. The summed E-state index contributed by atoms with van der Waals surface area (Å²) in [6.45, 7) is 0.646. The predicted octanol–water partition coefficient (Wildman–Crippen LogP) is 3.09. The summed E-state index contributed by atoms with van der Waals surface area (Å²) in [5.41, 5.74) is 0.984. The fourth-order valence-corrected chi connectivity index (χ4v) is 2.43. The van der Waals surface area contributed by atoms with Gasteiger partial charge in [0.2, 0.25) is 0 Å². The Morgan fingerprint density at radius 1 is 1.47 bits per heavy atom. The van der Waals surface area contributed by atoms with Gasteiger partial charge >= 0.3 is 0 Å². The molecule has 1 aromatic carbocycles. The normalized spacial score (nSPS) is 17.6. The molecule has 1 aliphatic carbocycles. The van der Waals surface area contributed by atoms with Gasteiger partial charge in [-0.25, -0.2) is 4.39 Å². The molecule has 0 radical (unpaired) electrons. The monoisotopic (exact) mass is 257 g/mol. The van der Waals surface area contributed by atoms with Crippen LogP contribution in [0.3, 0.4) is 0 Å². The summed E-state index contributed by atoms with van der Waals surface area (Å²) in [5, 5.41) is 3.42. The molecular formula is C13H17ClFNO. The number of hydrogen-bond acceptors (Lipinski definition) is 2. The molecule has 2 nitrogen and oxygen atoms in total. The number of rotatable bonds is 5. The standard InChI is InChI=1S/C13H17ClFNO/c1-17-12-4-3-10(7-11(12)15)8-16-13(9-14)5-2-6-13/h3-4,7,16H,2,5-6,8-9H2,1H3. The van der Waals surface area contributed by atoms with E-state index in [9.17, 15) is 4.39 Å². The third-order valence-electron chi connectivity index (χ3n) is 3.45. The van der Waals surface area contributed by atoms with Crippen LogP contribution in [0.5, 0.6) is 5.75 Å². The van der Waals surface area contributed by atoms with Crippen LogP contribution < -0.4 is 10.1 Å². The summed E-state index contributed by atoms with van der Waals surface area (Å²) in [6, 6.07) is 5.03. The number of ether oxygens (including phenoxy) is 1. The maximum absolute atomic E-state index is 13.5. The molecule has 1 aliphatic rings. The predicted molar refractivity (Wildman–Crippen MR) is 67.1 cm³/mol. The number of hydrogen-bond donors (Lipinski definition) is 1. The van der Waals surface area contributed by atoms with Crippen LogP contribution in [0.25, 0.3) is 0 Å². The Balaban J connectivity index is 1.97. The van der Waals surface area contributed by atoms with Crippen LogP contribution in [-0.2, 0) is 6.54 Å². The lowest BCUT2D eigenvalue weighted by Gasteiger charge is -2.41. The smallest absolute Gasteiger partial charge is 0.165 e. The minimum absolute atomic E-state index is 0.0674. The van der Waals surface area contributed by atoms with Crippen molar-refractivity contribution < 1.29 is 9.13 Å². The molecule has 0 aromatic heterocycles. The van der Waals surface area contributed by atoms with Gasteiger partial charge in [-0.1, -0.05) is 6.07 Å². The van der Waals surface area contributed by atoms with E-state index >= 15 is 0 Å². The molecule has 0 saturated heterocycles. The maximum Gasteiger partial charge on any atom is 0.165 e. The van der Waals surface area contributed by atoms with Gasteiger partial charge in [-0.15, -0.1) is 11.6 Å². The van der Waals surface area contributed by atoms with Crippen molar-refractivity contribution in [1.29, 1.82) is 0 Å². The molecule has 0 aliphatic heterocycles. The average molecular weight is 258 g/mol. The molecule has 1 fully saturated rings. The van der Waals surface area contributed by atoms with Crippen molar-refractivity contribution in [3.63, 3.8) is 0 Å². The van der Waals surface area contributed by atoms with E-state index in [1.54, 1.807) is 6.07 Å². The third kappa shape index (κ3) is 2.72. The SMILES string of the molecule is COc1ccc(CNC2(CCl)CCC2)cc1F. The fourth-order valence-electron chi connectivity index (χ4n) is 2.07. The molecule has 1 aromatic rings. The van der Waals surface area contributed by atoms with Gasteiger partial charge in [-0.2, -0.15) is 0 Å². The molecule has 1 saturated carbocycles. The summed E-state index contributed by atoms with van der Waals surface area (Å²) < 4.78 is 18.4. The highest BCUT2D eigenvalue weighted by atomic mass is 35.5. The molecule has 0 bridgehead atoms. The minimum Gasteiger partial charge on any atom is -0.494 e. The number of halogens is 2. The van der Waals surface area contributed by atoms with Crippen molar-refractivity contribution in [3.05, 3.63) is 29.6 Å². The van der Waals surface area contributed by atoms with Crippen molar-refractivity contribution in [1.82, 2.24) is 5.32 Å². The van der Waals surface area contributed by atoms with E-state index < -0.39 is 0 Å². The molecule has 0 unspecified atom stereocenters. The fraction of sp³-hybridized carbons (Fsp3) is 0.538. The van der Waals surface area contributed by atoms with Crippen LogP contribution in [0.15, 0.2) is 18.2 Å². The largest absolute Gasteiger partial charge is 0.494 e. The molecular weight excluding hydrogens is 241 g/mol. The molecule has 0 amide bonds. The summed E-state index contributed by atoms with van der Waals surface area (Å²) in [5.74, 6) is 0.579. The number of benzene rings is 1. The topological polar surface area (TPSA) is 21.3 Å². The van der Waals surface area contributed by atoms with Crippen molar-refractivity contribution in [3.8, 4) is 5.75 Å². The van der Waals surface area contributed by atoms with E-state index in [0.29, 0.717) is 12.4 Å². The quantitative estimate of drug-likeness (QED) is 0.819. The second kappa shape index (κ2) is 5.23. The van der Waals surface area contributed by atoms with E-state index in [1.165, 1.54) is 19.6 Å². The van der Waals surface area contributed by atoms with Crippen LogP contribution >= 0.6 is 11.6 Å². The van der Waals surface area contributed by atoms with Crippen molar-refractivity contribution in [2.45, 2.75) is 31.3 Å². The van der Waals surface area contributed by atoms with Crippen LogP contribution in [-0.4, -0.2) is 18.5 Å². The molecule has 17 heavy (non-hydrogen) atoms. The second-order valence-corrected chi connectivity index (χ2v) is 4.86. The second-order valence-electron chi connectivity index (χ2n) is 4.59. The number of methoxy groups -OCH3 is 1. The molecule has 1 N–H and O–H groups in total. The minimum atomic E-state index is -0.319. The molecule has 0 heterocycles. The van der Waals surface area contributed by atoms with Gasteiger partial charge < -0.3 is 10.1 Å². The number of alkyl halides is 1. The van der Waals surface area contributed by atoms with Crippen LogP contribution in [0, 0.1) is 5.82 Å². The van der Waals surface area contributed by atoms with Gasteiger partial charge in [0.05, 0.1) is 7.11 Å². The van der Waals surface area contributed by atoms with Crippen LogP contribution in [0.2, 0.25) is 0 Å². The lowest BCUT2D eigenvalue weighted by atomic mass is 9.78. The van der Waals surface area contributed by atoms with Gasteiger partial charge in [-0.3, -0.25) is 0 Å². The van der Waals surface area contributed by atoms with Crippen LogP contribution in [0.1, 0.15) is 24.8 Å². The summed E-state index contributed by atoms with van der Waals surface area (Å²) in [6.07, 6.45) is 3.43. The molecule has 94 valence electrons. The summed E-state index contributed by atoms with van der Waals surface area (Å²) >= 11 is 5.95. The average Bonchev–Trinajstić information content (AvgIpc) is 2.28. The maximum atomic E-state index is 13.5. The molecule has 4 heteroatoms. The lowest BCUT2D eigenvalue weighted by molar-refractivity contribution is 0.211. The summed E-state index contributed by atoms with van der Waals surface area (Å²) in [4.78, 5) is 0. The highest BCUT2D eigenvalue weighted by Crippen LogP contribution is 2.33. The van der Waals surface area contributed by atoms with E-state index in [-0.39, 0.29) is 17.1 Å². The van der Waals surface area contributed by atoms with Gasteiger partial charge in [0, 0.05) is 18.0 Å². The zero-order chi connectivity index (χ0) is 12.3. The molecule has 0 atom stereocenters. The van der Waals surface area contributed by atoms with E-state index in [1.807, 2.05) is 6.07 Å². The first kappa shape index (κ1) is 12.7. The van der Waals surface area contributed by atoms with E-state index in [0.717, 1.165) is 18.4 Å². The first-order chi connectivity index (χ1) is 8.19. The highest BCUT2D eigenvalue weighted by molar-refractivity contribution is 6.18. The van der Waals surface area contributed by atoms with Gasteiger partial charge in [0.25, 0.3) is 0 Å². The van der Waals surface area contributed by atoms with Gasteiger partial charge in [0.15, 0.2) is 11.6 Å². The Morgan fingerprint density at radius 3 is 2.71 bits per heavy atom. The van der Waals surface area contributed by atoms with Gasteiger partial charge in [0.1, 0.15) is 0 Å². The zero-order valence-electron chi connectivity index (χ0n) is 9.93. The van der Waals surface area contributed by atoms with Gasteiger partial charge in [-0.05, 0) is 37.0 Å². The Labute approximate surface area is 106 Å². The van der Waals surface area contributed by atoms with Crippen molar-refractivity contribution >= 4 is 11.6 Å². The zero-order valence-corrected chi connectivity index (χ0v) is 10.7. The first-order valence-corrected chi connectivity index (χ1v) is 6.36. The Kier molecular flexibility index (Phi) is 3.89. The van der Waals surface area contributed by atoms with Crippen molar-refractivity contribution in [2.24, 2.45) is 0 Å². The number of nitrogens with one attached hydrogen (secondary N) is 1. The summed E-state index contributed by atoms with van der Waals surface area (Å²) in [7, 11) is 1.47. The molecule has 0 spiro atoms. The lowest BCUT2D eigenvalue weighted by Crippen LogP contribution is -2.52. The molecule has 2 rings (SSSR count). The van der Waals surface area contributed by atoms with E-state index in [2.05, 4.69) is 5.32 Å². The highest BCUT2D eigenvalue weighted by Gasteiger charge is 2.35.